The molecular weight excluding hydrogens is 314 g/mol. The van der Waals surface area contributed by atoms with E-state index in [-0.39, 0.29) is 0 Å². The zero-order valence-corrected chi connectivity index (χ0v) is 12.4. The summed E-state index contributed by atoms with van der Waals surface area (Å²) in [5, 5.41) is 39.6. The van der Waals surface area contributed by atoms with Gasteiger partial charge in [-0.05, 0) is 6.92 Å². The third-order valence-corrected chi connectivity index (χ3v) is 3.66. The predicted octanol–water partition coefficient (Wildman–Crippen LogP) is -4.37. The Morgan fingerprint density at radius 2 is 1.87 bits per heavy atom. The lowest BCUT2D eigenvalue weighted by atomic mass is 9.86. The van der Waals surface area contributed by atoms with Crippen LogP contribution in [0.15, 0.2) is 0 Å². The van der Waals surface area contributed by atoms with E-state index in [0.717, 1.165) is 6.92 Å². The highest BCUT2D eigenvalue weighted by molar-refractivity contribution is 5.92. The third kappa shape index (κ3) is 3.83. The molecular formula is C12H21N3O8. The van der Waals surface area contributed by atoms with Crippen LogP contribution in [0.1, 0.15) is 13.3 Å². The van der Waals surface area contributed by atoms with E-state index in [9.17, 15) is 29.7 Å². The molecule has 11 heteroatoms. The fourth-order valence-corrected chi connectivity index (χ4v) is 2.27. The molecule has 132 valence electrons. The van der Waals surface area contributed by atoms with Crippen LogP contribution in [-0.2, 0) is 19.1 Å². The Balaban J connectivity index is 3.04. The summed E-state index contributed by atoms with van der Waals surface area (Å²) in [6, 6.07) is -3.05. The molecule has 23 heavy (non-hydrogen) atoms. The molecule has 0 bridgehead atoms. The van der Waals surface area contributed by atoms with Crippen LogP contribution in [0.2, 0.25) is 0 Å². The Bertz CT molecular complexity index is 485. The van der Waals surface area contributed by atoms with Crippen molar-refractivity contribution in [3.05, 3.63) is 0 Å². The van der Waals surface area contributed by atoms with Crippen LogP contribution in [-0.4, -0.2) is 80.8 Å². The number of Topliss-reactive ketones (excluding diaryl/α,β-unsaturated/α-hetero) is 1. The number of hydrogen-bond acceptors (Lipinski definition) is 9. The van der Waals surface area contributed by atoms with Gasteiger partial charge in [-0.1, -0.05) is 0 Å². The number of aliphatic hydroxyl groups excluding tert-OH is 3. The summed E-state index contributed by atoms with van der Waals surface area (Å²) in [5.74, 6) is -3.17. The van der Waals surface area contributed by atoms with E-state index in [1.165, 1.54) is 0 Å². The second kappa shape index (κ2) is 7.29. The van der Waals surface area contributed by atoms with Crippen LogP contribution in [0, 0.1) is 0 Å². The largest absolute Gasteiger partial charge is 0.480 e. The smallest absolute Gasteiger partial charge is 0.321 e. The number of carbonyl (C=O) groups excluding carboxylic acids is 2. The van der Waals surface area contributed by atoms with Crippen molar-refractivity contribution in [3.63, 3.8) is 0 Å². The molecule has 1 saturated heterocycles. The monoisotopic (exact) mass is 335 g/mol. The third-order valence-electron chi connectivity index (χ3n) is 3.66. The fourth-order valence-electron chi connectivity index (χ4n) is 2.27. The van der Waals surface area contributed by atoms with Crippen molar-refractivity contribution in [2.45, 2.75) is 49.5 Å². The first kappa shape index (κ1) is 19.4. The van der Waals surface area contributed by atoms with Crippen molar-refractivity contribution >= 4 is 17.7 Å². The number of aliphatic hydroxyl groups is 3. The van der Waals surface area contributed by atoms with Gasteiger partial charge in [0.25, 0.3) is 0 Å². The average molecular weight is 335 g/mol. The van der Waals surface area contributed by atoms with Gasteiger partial charge in [0.05, 0.1) is 19.1 Å². The minimum atomic E-state index is -2.22. The van der Waals surface area contributed by atoms with Crippen molar-refractivity contribution in [1.29, 1.82) is 0 Å². The van der Waals surface area contributed by atoms with Crippen LogP contribution < -0.4 is 16.8 Å². The molecule has 1 fully saturated rings. The van der Waals surface area contributed by atoms with Gasteiger partial charge in [-0.2, -0.15) is 0 Å². The van der Waals surface area contributed by atoms with Gasteiger partial charge in [0, 0.05) is 0 Å². The van der Waals surface area contributed by atoms with Crippen LogP contribution in [0.25, 0.3) is 0 Å². The van der Waals surface area contributed by atoms with Crippen LogP contribution in [0.3, 0.4) is 0 Å². The Labute approximate surface area is 131 Å². The van der Waals surface area contributed by atoms with E-state index in [1.807, 2.05) is 0 Å². The topological polar surface area (TPSA) is 205 Å². The maximum absolute atomic E-state index is 12.0. The molecule has 9 N–H and O–H groups in total. The molecule has 1 heterocycles. The van der Waals surface area contributed by atoms with Crippen molar-refractivity contribution in [3.8, 4) is 0 Å². The Morgan fingerprint density at radius 3 is 2.30 bits per heavy atom. The number of ketones is 1. The van der Waals surface area contributed by atoms with Gasteiger partial charge < -0.3 is 41.9 Å². The fraction of sp³-hybridized carbons (Fsp3) is 0.750. The van der Waals surface area contributed by atoms with Gasteiger partial charge in [-0.15, -0.1) is 0 Å². The summed E-state index contributed by atoms with van der Waals surface area (Å²) < 4.78 is 5.24. The quantitative estimate of drug-likeness (QED) is 0.248. The number of ether oxygens (including phenoxy) is 1. The number of aliphatic carboxylic acids is 1. The number of hydrogen-bond donors (Lipinski definition) is 7. The number of rotatable bonds is 6. The maximum Gasteiger partial charge on any atom is 0.321 e. The van der Waals surface area contributed by atoms with E-state index < -0.39 is 66.8 Å². The Hall–Kier alpha value is -1.63. The average Bonchev–Trinajstić information content (AvgIpc) is 2.47. The minimum absolute atomic E-state index is 0.664. The van der Waals surface area contributed by atoms with Gasteiger partial charge in [-0.3, -0.25) is 14.4 Å². The highest BCUT2D eigenvalue weighted by Gasteiger charge is 2.56. The minimum Gasteiger partial charge on any atom is -0.480 e. The Kier molecular flexibility index (Phi) is 6.16. The SMILES string of the molecule is CC(=O)[C@@]1(NC(=O)C[C@H](N)C(=O)O)O[C@H](CO)[C@@H](O)[C@H](O)[C@H]1N. The molecule has 0 aromatic carbocycles. The molecule has 1 aliphatic rings. The van der Waals surface area contributed by atoms with Gasteiger partial charge in [0.2, 0.25) is 11.6 Å². The number of carbonyl (C=O) groups is 3. The van der Waals surface area contributed by atoms with Gasteiger partial charge >= 0.3 is 5.97 Å². The molecule has 6 atom stereocenters. The summed E-state index contributed by atoms with van der Waals surface area (Å²) in [6.45, 7) is 0.278. The summed E-state index contributed by atoms with van der Waals surface area (Å²) in [6.07, 6.45) is -5.27. The highest BCUT2D eigenvalue weighted by atomic mass is 16.6. The lowest BCUT2D eigenvalue weighted by Crippen LogP contribution is -2.76. The van der Waals surface area contributed by atoms with E-state index in [2.05, 4.69) is 5.32 Å². The molecule has 0 aromatic rings. The number of amides is 1. The maximum atomic E-state index is 12.0. The van der Waals surface area contributed by atoms with Crippen LogP contribution in [0.5, 0.6) is 0 Å². The van der Waals surface area contributed by atoms with Crippen molar-refractivity contribution in [1.82, 2.24) is 5.32 Å². The first-order valence-corrected chi connectivity index (χ1v) is 6.77. The van der Waals surface area contributed by atoms with Gasteiger partial charge in [0.1, 0.15) is 24.4 Å². The lowest BCUT2D eigenvalue weighted by Gasteiger charge is -2.48. The second-order valence-corrected chi connectivity index (χ2v) is 5.33. The first-order valence-electron chi connectivity index (χ1n) is 6.77. The number of nitrogens with one attached hydrogen (secondary N) is 1. The standard InChI is InChI=1S/C12H21N3O8/c1-4(17)12(15-7(18)2-5(13)11(21)22)10(14)9(20)8(19)6(3-16)23-12/h5-6,8-10,16,19-20H,2-3,13-14H2,1H3,(H,15,18)(H,21,22)/t5-,6+,8+,9-,10+,12+/m0/s1. The molecule has 0 spiro atoms. The molecule has 1 aliphatic heterocycles. The molecule has 1 rings (SSSR count). The summed E-state index contributed by atoms with van der Waals surface area (Å²) in [5.41, 5.74) is 8.72. The normalized spacial score (nSPS) is 35.4. The Morgan fingerprint density at radius 1 is 1.30 bits per heavy atom. The predicted molar refractivity (Wildman–Crippen MR) is 73.7 cm³/mol. The van der Waals surface area contributed by atoms with E-state index in [4.69, 9.17) is 21.3 Å². The molecule has 0 aromatic heterocycles. The number of carboxylic acids is 1. The van der Waals surface area contributed by atoms with Crippen molar-refractivity contribution in [2.24, 2.45) is 11.5 Å². The van der Waals surface area contributed by atoms with Crippen LogP contribution in [0.4, 0.5) is 0 Å². The molecule has 0 unspecified atom stereocenters. The lowest BCUT2D eigenvalue weighted by molar-refractivity contribution is -0.237. The summed E-state index contributed by atoms with van der Waals surface area (Å²) >= 11 is 0. The first-order chi connectivity index (χ1) is 10.6. The van der Waals surface area contributed by atoms with E-state index in [1.54, 1.807) is 0 Å². The summed E-state index contributed by atoms with van der Waals surface area (Å²) in [4.78, 5) is 34.5. The molecule has 0 saturated carbocycles. The molecule has 1 amide bonds. The van der Waals surface area contributed by atoms with Gasteiger partial charge in [-0.25, -0.2) is 0 Å². The molecule has 0 radical (unpaired) electrons. The van der Waals surface area contributed by atoms with Crippen LogP contribution >= 0.6 is 0 Å². The summed E-state index contributed by atoms with van der Waals surface area (Å²) in [7, 11) is 0. The van der Waals surface area contributed by atoms with Gasteiger partial charge in [0.15, 0.2) is 5.78 Å². The number of carboxylic acid groups (broad SMARTS) is 1. The molecule has 11 nitrogen and oxygen atoms in total. The van der Waals surface area contributed by atoms with E-state index in [0.29, 0.717) is 0 Å². The zero-order chi connectivity index (χ0) is 17.9. The van der Waals surface area contributed by atoms with Crippen molar-refractivity contribution < 1.29 is 39.5 Å². The van der Waals surface area contributed by atoms with Crippen molar-refractivity contribution in [2.75, 3.05) is 6.61 Å². The van der Waals surface area contributed by atoms with E-state index >= 15 is 0 Å². The zero-order valence-electron chi connectivity index (χ0n) is 12.4. The number of nitrogens with two attached hydrogens (primary N) is 2. The second-order valence-electron chi connectivity index (χ2n) is 5.33. The molecule has 0 aliphatic carbocycles. The highest BCUT2D eigenvalue weighted by Crippen LogP contribution is 2.28.